The first kappa shape index (κ1) is 15.3. The Morgan fingerprint density at radius 3 is 2.48 bits per heavy atom. The minimum atomic E-state index is -1.09. The van der Waals surface area contributed by atoms with E-state index in [-0.39, 0.29) is 17.7 Å². The summed E-state index contributed by atoms with van der Waals surface area (Å²) in [6, 6.07) is 0. The van der Waals surface area contributed by atoms with Crippen LogP contribution in [0.15, 0.2) is 4.42 Å². The van der Waals surface area contributed by atoms with Crippen molar-refractivity contribution >= 4 is 12.1 Å². The van der Waals surface area contributed by atoms with Gasteiger partial charge in [0.15, 0.2) is 5.69 Å². The number of nitrogens with zero attached hydrogens (tertiary/aromatic N) is 2. The molecule has 0 radical (unpaired) electrons. The number of carboxylic acids is 1. The molecule has 0 atom stereocenters. The second-order valence-corrected chi connectivity index (χ2v) is 6.06. The summed E-state index contributed by atoms with van der Waals surface area (Å²) < 4.78 is 10.7. The van der Waals surface area contributed by atoms with E-state index in [2.05, 4.69) is 4.98 Å². The molecule has 1 amide bonds. The summed E-state index contributed by atoms with van der Waals surface area (Å²) in [5, 5.41) is 9.04. The van der Waals surface area contributed by atoms with E-state index in [0.717, 1.165) is 0 Å². The quantitative estimate of drug-likeness (QED) is 0.919. The number of carbonyl (C=O) groups excluding carboxylic acids is 1. The summed E-state index contributed by atoms with van der Waals surface area (Å²) >= 11 is 0. The van der Waals surface area contributed by atoms with Crippen LogP contribution in [0.4, 0.5) is 4.79 Å². The molecule has 2 heterocycles. The Morgan fingerprint density at radius 1 is 1.43 bits per heavy atom. The van der Waals surface area contributed by atoms with Crippen molar-refractivity contribution in [1.82, 2.24) is 9.88 Å². The monoisotopic (exact) mass is 296 g/mol. The molecule has 0 aromatic carbocycles. The normalized spacial score (nSPS) is 15.7. The lowest BCUT2D eigenvalue weighted by atomic mass is 10.0. The van der Waals surface area contributed by atoms with Gasteiger partial charge in [-0.1, -0.05) is 6.92 Å². The zero-order valence-corrected chi connectivity index (χ0v) is 12.7. The molecule has 116 valence electrons. The number of hydrogen-bond donors (Lipinski definition) is 1. The van der Waals surface area contributed by atoms with Crippen LogP contribution < -0.4 is 0 Å². The lowest BCUT2D eigenvalue weighted by molar-refractivity contribution is 0.00596. The number of ether oxygens (including phenoxy) is 1. The number of aryl methyl sites for hydroxylation is 1. The fourth-order valence-electron chi connectivity index (χ4n) is 2.06. The van der Waals surface area contributed by atoms with Crippen molar-refractivity contribution in [3.63, 3.8) is 0 Å². The van der Waals surface area contributed by atoms with Gasteiger partial charge in [-0.3, -0.25) is 0 Å². The van der Waals surface area contributed by atoms with Crippen LogP contribution in [0.1, 0.15) is 55.8 Å². The van der Waals surface area contributed by atoms with E-state index in [4.69, 9.17) is 14.3 Å². The average Bonchev–Trinajstić information content (AvgIpc) is 2.68. The SMILES string of the molecule is CCc1oc(C2CN(C(=O)OC(C)(C)C)C2)nc1C(=O)O. The number of carbonyl (C=O) groups is 2. The summed E-state index contributed by atoms with van der Waals surface area (Å²) in [5.41, 5.74) is -0.569. The van der Waals surface area contributed by atoms with Gasteiger partial charge in [0.05, 0.1) is 5.92 Å². The molecule has 1 N–H and O–H groups in total. The van der Waals surface area contributed by atoms with Crippen molar-refractivity contribution in [1.29, 1.82) is 0 Å². The molecule has 1 aromatic rings. The van der Waals surface area contributed by atoms with Crippen LogP contribution in [0.3, 0.4) is 0 Å². The number of hydrogen-bond acceptors (Lipinski definition) is 5. The highest BCUT2D eigenvalue weighted by atomic mass is 16.6. The Morgan fingerprint density at radius 2 is 2.05 bits per heavy atom. The molecule has 0 saturated carbocycles. The molecule has 1 aliphatic rings. The Labute approximate surface area is 122 Å². The first-order chi connectivity index (χ1) is 9.71. The van der Waals surface area contributed by atoms with Gasteiger partial charge in [0.2, 0.25) is 5.89 Å². The molecule has 0 unspecified atom stereocenters. The number of carboxylic acid groups (broad SMARTS) is 1. The Kier molecular flexibility index (Phi) is 3.93. The molecule has 7 nitrogen and oxygen atoms in total. The second kappa shape index (κ2) is 5.38. The Bertz CT molecular complexity index is 552. The standard InChI is InChI=1S/C14H20N2O5/c1-5-9-10(12(17)18)15-11(20-9)8-6-16(7-8)13(19)21-14(2,3)4/h8H,5-7H2,1-4H3,(H,17,18). The third-order valence-electron chi connectivity index (χ3n) is 3.12. The summed E-state index contributed by atoms with van der Waals surface area (Å²) in [6.45, 7) is 8.09. The molecule has 1 aromatic heterocycles. The molecule has 1 saturated heterocycles. The van der Waals surface area contributed by atoms with Crippen LogP contribution in [0.5, 0.6) is 0 Å². The van der Waals surface area contributed by atoms with Crippen LogP contribution in [-0.4, -0.2) is 45.7 Å². The van der Waals surface area contributed by atoms with Gasteiger partial charge in [0, 0.05) is 19.5 Å². The topological polar surface area (TPSA) is 92.9 Å². The van der Waals surface area contributed by atoms with E-state index in [9.17, 15) is 9.59 Å². The van der Waals surface area contributed by atoms with Gasteiger partial charge >= 0.3 is 12.1 Å². The second-order valence-electron chi connectivity index (χ2n) is 6.06. The Balaban J connectivity index is 1.99. The number of aromatic nitrogens is 1. The van der Waals surface area contributed by atoms with E-state index >= 15 is 0 Å². The molecule has 1 aliphatic heterocycles. The molecule has 0 spiro atoms. The first-order valence-corrected chi connectivity index (χ1v) is 6.92. The number of rotatable bonds is 3. The smallest absolute Gasteiger partial charge is 0.410 e. The number of oxazole rings is 1. The fourth-order valence-corrected chi connectivity index (χ4v) is 2.06. The van der Waals surface area contributed by atoms with Crippen molar-refractivity contribution in [3.05, 3.63) is 17.3 Å². The third kappa shape index (κ3) is 3.34. The molecular formula is C14H20N2O5. The molecule has 7 heteroatoms. The molecule has 0 bridgehead atoms. The van der Waals surface area contributed by atoms with E-state index in [1.807, 2.05) is 27.7 Å². The molecule has 2 rings (SSSR count). The summed E-state index contributed by atoms with van der Waals surface area (Å²) in [7, 11) is 0. The highest BCUT2D eigenvalue weighted by molar-refractivity contribution is 5.86. The van der Waals surface area contributed by atoms with Gasteiger partial charge in [-0.15, -0.1) is 0 Å². The molecule has 21 heavy (non-hydrogen) atoms. The average molecular weight is 296 g/mol. The maximum absolute atomic E-state index is 11.8. The van der Waals surface area contributed by atoms with Crippen molar-refractivity contribution < 1.29 is 23.8 Å². The van der Waals surface area contributed by atoms with Crippen LogP contribution in [-0.2, 0) is 11.2 Å². The van der Waals surface area contributed by atoms with Crippen LogP contribution in [0.2, 0.25) is 0 Å². The van der Waals surface area contributed by atoms with E-state index in [1.165, 1.54) is 0 Å². The lowest BCUT2D eigenvalue weighted by Gasteiger charge is -2.38. The van der Waals surface area contributed by atoms with E-state index < -0.39 is 11.6 Å². The number of likely N-dealkylation sites (tertiary alicyclic amines) is 1. The molecule has 0 aliphatic carbocycles. The van der Waals surface area contributed by atoms with Crippen LogP contribution >= 0.6 is 0 Å². The van der Waals surface area contributed by atoms with Gasteiger partial charge in [0.25, 0.3) is 0 Å². The highest BCUT2D eigenvalue weighted by Crippen LogP contribution is 2.29. The van der Waals surface area contributed by atoms with E-state index in [0.29, 0.717) is 31.2 Å². The summed E-state index contributed by atoms with van der Waals surface area (Å²) in [5.74, 6) is -0.418. The maximum Gasteiger partial charge on any atom is 0.410 e. The van der Waals surface area contributed by atoms with Crippen molar-refractivity contribution in [2.24, 2.45) is 0 Å². The summed E-state index contributed by atoms with van der Waals surface area (Å²) in [6.07, 6.45) is 0.0939. The lowest BCUT2D eigenvalue weighted by Crippen LogP contribution is -2.50. The minimum absolute atomic E-state index is 0.0387. The Hall–Kier alpha value is -2.05. The predicted molar refractivity (Wildman–Crippen MR) is 73.4 cm³/mol. The fraction of sp³-hybridized carbons (Fsp3) is 0.643. The first-order valence-electron chi connectivity index (χ1n) is 6.92. The van der Waals surface area contributed by atoms with Crippen LogP contribution in [0, 0.1) is 0 Å². The molecular weight excluding hydrogens is 276 g/mol. The zero-order chi connectivity index (χ0) is 15.8. The minimum Gasteiger partial charge on any atom is -0.476 e. The van der Waals surface area contributed by atoms with Crippen molar-refractivity contribution in [2.75, 3.05) is 13.1 Å². The van der Waals surface area contributed by atoms with Gasteiger partial charge in [-0.25, -0.2) is 14.6 Å². The van der Waals surface area contributed by atoms with E-state index in [1.54, 1.807) is 4.90 Å². The third-order valence-corrected chi connectivity index (χ3v) is 3.12. The van der Waals surface area contributed by atoms with Crippen molar-refractivity contribution in [2.45, 2.75) is 45.6 Å². The zero-order valence-electron chi connectivity index (χ0n) is 12.7. The number of aromatic carboxylic acids is 1. The van der Waals surface area contributed by atoms with Gasteiger partial charge in [-0.05, 0) is 20.8 Å². The summed E-state index contributed by atoms with van der Waals surface area (Å²) in [4.78, 5) is 28.4. The van der Waals surface area contributed by atoms with Gasteiger partial charge < -0.3 is 19.2 Å². The van der Waals surface area contributed by atoms with Gasteiger partial charge in [0.1, 0.15) is 11.4 Å². The predicted octanol–water partition coefficient (Wildman–Crippen LogP) is 2.27. The molecule has 1 fully saturated rings. The van der Waals surface area contributed by atoms with Crippen molar-refractivity contribution in [3.8, 4) is 0 Å². The number of amides is 1. The highest BCUT2D eigenvalue weighted by Gasteiger charge is 2.38. The van der Waals surface area contributed by atoms with Gasteiger partial charge in [-0.2, -0.15) is 0 Å². The largest absolute Gasteiger partial charge is 0.476 e. The maximum atomic E-state index is 11.8. The van der Waals surface area contributed by atoms with Crippen LogP contribution in [0.25, 0.3) is 0 Å².